The van der Waals surface area contributed by atoms with Gasteiger partial charge >= 0.3 is 0 Å². The highest BCUT2D eigenvalue weighted by atomic mass is 35.5. The summed E-state index contributed by atoms with van der Waals surface area (Å²) in [6.45, 7) is 1.77. The maximum atomic E-state index is 12.2. The summed E-state index contributed by atoms with van der Waals surface area (Å²) >= 11 is 7.36. The van der Waals surface area contributed by atoms with Crippen LogP contribution in [0.4, 0.5) is 0 Å². The van der Waals surface area contributed by atoms with Crippen molar-refractivity contribution in [1.29, 1.82) is 5.26 Å². The fourth-order valence-electron chi connectivity index (χ4n) is 1.64. The Kier molecular flexibility index (Phi) is 4.45. The average Bonchev–Trinajstić information content (AvgIpc) is 2.92. The van der Waals surface area contributed by atoms with Crippen molar-refractivity contribution >= 4 is 33.0 Å². The Labute approximate surface area is 126 Å². The standard InChI is InChI=1S/C13H11ClN2O2S2/c1-9(11-4-5-19-8-11)16-20(17,18)12-3-2-10(7-15)13(14)6-12/h2-6,8-9,16H,1H3. The fourth-order valence-corrected chi connectivity index (χ4v) is 3.94. The summed E-state index contributed by atoms with van der Waals surface area (Å²) in [4.78, 5) is 0.0450. The van der Waals surface area contributed by atoms with E-state index in [1.165, 1.54) is 29.5 Å². The Hall–Kier alpha value is -1.39. The average molecular weight is 327 g/mol. The SMILES string of the molecule is CC(NS(=O)(=O)c1ccc(C#N)c(Cl)c1)c1ccsc1. The maximum Gasteiger partial charge on any atom is 0.241 e. The van der Waals surface area contributed by atoms with E-state index in [0.29, 0.717) is 0 Å². The van der Waals surface area contributed by atoms with Crippen LogP contribution >= 0.6 is 22.9 Å². The molecule has 0 radical (unpaired) electrons. The predicted octanol–water partition coefficient (Wildman–Crippen LogP) is 3.31. The molecule has 0 spiro atoms. The first kappa shape index (κ1) is 15.0. The lowest BCUT2D eigenvalue weighted by Gasteiger charge is -2.13. The molecule has 2 rings (SSSR count). The highest BCUT2D eigenvalue weighted by Gasteiger charge is 2.19. The van der Waals surface area contributed by atoms with E-state index in [4.69, 9.17) is 16.9 Å². The second-order valence-corrected chi connectivity index (χ2v) is 7.05. The van der Waals surface area contributed by atoms with Gasteiger partial charge in [-0.05, 0) is 47.5 Å². The number of thiophene rings is 1. The number of sulfonamides is 1. The quantitative estimate of drug-likeness (QED) is 0.937. The van der Waals surface area contributed by atoms with Crippen molar-refractivity contribution in [1.82, 2.24) is 4.72 Å². The molecular weight excluding hydrogens is 316 g/mol. The molecule has 104 valence electrons. The van der Waals surface area contributed by atoms with E-state index in [1.807, 2.05) is 22.9 Å². The highest BCUT2D eigenvalue weighted by molar-refractivity contribution is 7.89. The number of hydrogen-bond donors (Lipinski definition) is 1. The number of halogens is 1. The molecule has 0 aliphatic rings. The molecule has 1 aromatic heterocycles. The third-order valence-corrected chi connectivity index (χ3v) is 5.30. The number of nitriles is 1. The van der Waals surface area contributed by atoms with E-state index in [0.717, 1.165) is 5.56 Å². The van der Waals surface area contributed by atoms with Crippen LogP contribution in [-0.4, -0.2) is 8.42 Å². The number of nitrogens with one attached hydrogen (secondary N) is 1. The van der Waals surface area contributed by atoms with Gasteiger partial charge in [-0.1, -0.05) is 11.6 Å². The first-order valence-electron chi connectivity index (χ1n) is 5.68. The summed E-state index contributed by atoms with van der Waals surface area (Å²) in [6.07, 6.45) is 0. The van der Waals surface area contributed by atoms with Crippen LogP contribution in [0.5, 0.6) is 0 Å². The van der Waals surface area contributed by atoms with Crippen molar-refractivity contribution in [3.05, 3.63) is 51.2 Å². The van der Waals surface area contributed by atoms with Gasteiger partial charge in [-0.15, -0.1) is 0 Å². The highest BCUT2D eigenvalue weighted by Crippen LogP contribution is 2.23. The number of hydrogen-bond acceptors (Lipinski definition) is 4. The van der Waals surface area contributed by atoms with Gasteiger partial charge in [0, 0.05) is 6.04 Å². The Morgan fingerprint density at radius 1 is 1.40 bits per heavy atom. The second kappa shape index (κ2) is 5.94. The molecule has 0 saturated carbocycles. The van der Waals surface area contributed by atoms with Gasteiger partial charge in [0.2, 0.25) is 10.0 Å². The van der Waals surface area contributed by atoms with Crippen molar-refractivity contribution in [2.75, 3.05) is 0 Å². The van der Waals surface area contributed by atoms with Gasteiger partial charge in [0.05, 0.1) is 15.5 Å². The van der Waals surface area contributed by atoms with Gasteiger partial charge < -0.3 is 0 Å². The molecule has 0 bridgehead atoms. The van der Waals surface area contributed by atoms with Crippen LogP contribution in [0.25, 0.3) is 0 Å². The minimum absolute atomic E-state index is 0.0450. The van der Waals surface area contributed by atoms with E-state index in [2.05, 4.69) is 4.72 Å². The summed E-state index contributed by atoms with van der Waals surface area (Å²) in [5.41, 5.74) is 1.15. The lowest BCUT2D eigenvalue weighted by molar-refractivity contribution is 0.567. The zero-order valence-corrected chi connectivity index (χ0v) is 12.9. The largest absolute Gasteiger partial charge is 0.241 e. The molecule has 0 fully saturated rings. The third kappa shape index (κ3) is 3.19. The summed E-state index contributed by atoms with van der Waals surface area (Å²) in [5.74, 6) is 0. The van der Waals surface area contributed by atoms with Crippen LogP contribution in [0, 0.1) is 11.3 Å². The van der Waals surface area contributed by atoms with Crippen LogP contribution in [0.1, 0.15) is 24.1 Å². The summed E-state index contributed by atoms with van der Waals surface area (Å²) in [5, 5.41) is 12.7. The monoisotopic (exact) mass is 326 g/mol. The molecule has 0 amide bonds. The van der Waals surface area contributed by atoms with Crippen molar-refractivity contribution in [2.24, 2.45) is 0 Å². The molecule has 1 N–H and O–H groups in total. The smallest absolute Gasteiger partial charge is 0.207 e. The molecule has 4 nitrogen and oxygen atoms in total. The first-order chi connectivity index (χ1) is 9.44. The van der Waals surface area contributed by atoms with Gasteiger partial charge in [-0.25, -0.2) is 13.1 Å². The molecule has 1 unspecified atom stereocenters. The molecular formula is C13H11ClN2O2S2. The van der Waals surface area contributed by atoms with E-state index in [-0.39, 0.29) is 21.5 Å². The zero-order valence-electron chi connectivity index (χ0n) is 10.5. The van der Waals surface area contributed by atoms with Crippen molar-refractivity contribution in [3.63, 3.8) is 0 Å². The lowest BCUT2D eigenvalue weighted by atomic mass is 10.2. The van der Waals surface area contributed by atoms with Crippen LogP contribution in [-0.2, 0) is 10.0 Å². The van der Waals surface area contributed by atoms with Gasteiger partial charge in [-0.3, -0.25) is 0 Å². The Balaban J connectivity index is 2.27. The third-order valence-electron chi connectivity index (χ3n) is 2.75. The van der Waals surface area contributed by atoms with Gasteiger partial charge in [0.1, 0.15) is 6.07 Å². The van der Waals surface area contributed by atoms with Gasteiger partial charge in [0.15, 0.2) is 0 Å². The van der Waals surface area contributed by atoms with Gasteiger partial charge in [-0.2, -0.15) is 16.6 Å². The zero-order chi connectivity index (χ0) is 14.8. The molecule has 20 heavy (non-hydrogen) atoms. The topological polar surface area (TPSA) is 70.0 Å². The van der Waals surface area contributed by atoms with E-state index < -0.39 is 10.0 Å². The Bertz CT molecular complexity index is 749. The molecule has 1 atom stereocenters. The molecule has 0 saturated heterocycles. The minimum Gasteiger partial charge on any atom is -0.207 e. The summed E-state index contributed by atoms with van der Waals surface area (Å²) in [7, 11) is -3.67. The maximum absolute atomic E-state index is 12.2. The summed E-state index contributed by atoms with van der Waals surface area (Å²) in [6, 6.07) is 7.47. The Morgan fingerprint density at radius 3 is 2.70 bits per heavy atom. The number of rotatable bonds is 4. The van der Waals surface area contributed by atoms with Crippen molar-refractivity contribution in [2.45, 2.75) is 17.9 Å². The molecule has 1 aromatic carbocycles. The van der Waals surface area contributed by atoms with E-state index in [9.17, 15) is 8.42 Å². The minimum atomic E-state index is -3.67. The first-order valence-corrected chi connectivity index (χ1v) is 8.48. The predicted molar refractivity (Wildman–Crippen MR) is 79.2 cm³/mol. The van der Waals surface area contributed by atoms with E-state index >= 15 is 0 Å². The van der Waals surface area contributed by atoms with Crippen molar-refractivity contribution < 1.29 is 8.42 Å². The molecule has 2 aromatic rings. The van der Waals surface area contributed by atoms with Gasteiger partial charge in [0.25, 0.3) is 0 Å². The van der Waals surface area contributed by atoms with Crippen LogP contribution in [0.15, 0.2) is 39.9 Å². The molecule has 7 heteroatoms. The molecule has 1 heterocycles. The van der Waals surface area contributed by atoms with Crippen molar-refractivity contribution in [3.8, 4) is 6.07 Å². The Morgan fingerprint density at radius 2 is 2.15 bits per heavy atom. The molecule has 0 aliphatic heterocycles. The van der Waals surface area contributed by atoms with Crippen LogP contribution < -0.4 is 4.72 Å². The van der Waals surface area contributed by atoms with Crippen LogP contribution in [0.3, 0.4) is 0 Å². The van der Waals surface area contributed by atoms with E-state index in [1.54, 1.807) is 6.92 Å². The fraction of sp³-hybridized carbons (Fsp3) is 0.154. The molecule has 0 aliphatic carbocycles. The number of nitrogens with zero attached hydrogens (tertiary/aromatic N) is 1. The van der Waals surface area contributed by atoms with Crippen LogP contribution in [0.2, 0.25) is 5.02 Å². The normalized spacial score (nSPS) is 12.8. The number of benzene rings is 1. The summed E-state index contributed by atoms with van der Waals surface area (Å²) < 4.78 is 27.1. The second-order valence-electron chi connectivity index (χ2n) is 4.15. The lowest BCUT2D eigenvalue weighted by Crippen LogP contribution is -2.26.